The maximum atomic E-state index is 12.7. The van der Waals surface area contributed by atoms with Gasteiger partial charge in [0.1, 0.15) is 5.82 Å². The zero-order valence-corrected chi connectivity index (χ0v) is 10.7. The minimum absolute atomic E-state index is 0.276. The second-order valence-corrected chi connectivity index (χ2v) is 5.98. The van der Waals surface area contributed by atoms with Crippen molar-refractivity contribution in [3.05, 3.63) is 30.1 Å². The lowest BCUT2D eigenvalue weighted by atomic mass is 10.1. The van der Waals surface area contributed by atoms with E-state index in [-0.39, 0.29) is 5.82 Å². The number of halogens is 1. The highest BCUT2D eigenvalue weighted by molar-refractivity contribution is 7.85. The molecule has 0 aliphatic carbocycles. The third kappa shape index (κ3) is 3.89. The van der Waals surface area contributed by atoms with Crippen molar-refractivity contribution in [2.75, 3.05) is 25.4 Å². The highest BCUT2D eigenvalue weighted by Crippen LogP contribution is 2.11. The van der Waals surface area contributed by atoms with Crippen molar-refractivity contribution in [2.24, 2.45) is 0 Å². The van der Waals surface area contributed by atoms with E-state index in [1.54, 1.807) is 12.1 Å². The molecule has 0 saturated carbocycles. The van der Waals surface area contributed by atoms with Gasteiger partial charge in [0, 0.05) is 17.2 Å². The molecule has 0 aromatic heterocycles. The molecule has 94 valence electrons. The van der Waals surface area contributed by atoms with Crippen LogP contribution < -0.4 is 0 Å². The van der Waals surface area contributed by atoms with Crippen molar-refractivity contribution in [1.29, 1.82) is 0 Å². The molecule has 0 bridgehead atoms. The van der Waals surface area contributed by atoms with Crippen molar-refractivity contribution >= 4 is 10.8 Å². The van der Waals surface area contributed by atoms with Crippen LogP contribution in [0.1, 0.15) is 19.3 Å². The fourth-order valence-electron chi connectivity index (χ4n) is 2.10. The Morgan fingerprint density at radius 2 is 1.76 bits per heavy atom. The van der Waals surface area contributed by atoms with Gasteiger partial charge in [-0.25, -0.2) is 4.39 Å². The molecule has 1 aliphatic rings. The van der Waals surface area contributed by atoms with Gasteiger partial charge in [0.05, 0.1) is 10.8 Å². The Labute approximate surface area is 104 Å². The average molecular weight is 255 g/mol. The van der Waals surface area contributed by atoms with Crippen LogP contribution in [-0.2, 0) is 10.8 Å². The van der Waals surface area contributed by atoms with E-state index in [1.807, 2.05) is 0 Å². The zero-order valence-electron chi connectivity index (χ0n) is 9.90. The van der Waals surface area contributed by atoms with Crippen molar-refractivity contribution in [3.63, 3.8) is 0 Å². The molecule has 4 heteroatoms. The molecule has 1 aliphatic heterocycles. The van der Waals surface area contributed by atoms with E-state index in [1.165, 1.54) is 31.4 Å². The summed E-state index contributed by atoms with van der Waals surface area (Å²) in [5.74, 6) is 0.368. The van der Waals surface area contributed by atoms with Gasteiger partial charge in [-0.05, 0) is 50.2 Å². The Morgan fingerprint density at radius 1 is 1.12 bits per heavy atom. The van der Waals surface area contributed by atoms with Crippen LogP contribution in [0.15, 0.2) is 29.2 Å². The van der Waals surface area contributed by atoms with Crippen LogP contribution >= 0.6 is 0 Å². The van der Waals surface area contributed by atoms with E-state index >= 15 is 0 Å². The summed E-state index contributed by atoms with van der Waals surface area (Å²) < 4.78 is 24.7. The third-order valence-corrected chi connectivity index (χ3v) is 4.47. The van der Waals surface area contributed by atoms with Crippen LogP contribution in [0.4, 0.5) is 4.39 Å². The van der Waals surface area contributed by atoms with Gasteiger partial charge < -0.3 is 4.90 Å². The van der Waals surface area contributed by atoms with Gasteiger partial charge in [0.2, 0.25) is 0 Å². The van der Waals surface area contributed by atoms with Crippen LogP contribution in [0.25, 0.3) is 0 Å². The summed E-state index contributed by atoms with van der Waals surface area (Å²) in [5.41, 5.74) is 0. The molecule has 1 fully saturated rings. The first kappa shape index (κ1) is 12.7. The lowest BCUT2D eigenvalue weighted by Crippen LogP contribution is -2.33. The van der Waals surface area contributed by atoms with Gasteiger partial charge in [-0.3, -0.25) is 4.21 Å². The molecular weight excluding hydrogens is 237 g/mol. The molecule has 1 aromatic carbocycles. The first-order valence-electron chi connectivity index (χ1n) is 6.12. The quantitative estimate of drug-likeness (QED) is 0.823. The second kappa shape index (κ2) is 6.26. The molecule has 0 amide bonds. The van der Waals surface area contributed by atoms with Crippen LogP contribution in [0.5, 0.6) is 0 Å². The molecule has 1 aromatic rings. The summed E-state index contributed by atoms with van der Waals surface area (Å²) in [4.78, 5) is 3.09. The Kier molecular flexibility index (Phi) is 4.68. The standard InChI is InChI=1S/C13H18FNOS/c14-12-4-6-13(7-5-12)17(16)11-10-15-8-2-1-3-9-15/h4-7H,1-3,8-11H2. The summed E-state index contributed by atoms with van der Waals surface area (Å²) in [5, 5.41) is 0. The maximum Gasteiger partial charge on any atom is 0.123 e. The lowest BCUT2D eigenvalue weighted by Gasteiger charge is -2.25. The summed E-state index contributed by atoms with van der Waals surface area (Å²) >= 11 is 0. The van der Waals surface area contributed by atoms with Crippen molar-refractivity contribution in [3.8, 4) is 0 Å². The molecule has 0 spiro atoms. The highest BCUT2D eigenvalue weighted by atomic mass is 32.2. The number of nitrogens with zero attached hydrogens (tertiary/aromatic N) is 1. The minimum atomic E-state index is -1.00. The monoisotopic (exact) mass is 255 g/mol. The van der Waals surface area contributed by atoms with E-state index in [0.29, 0.717) is 5.75 Å². The molecule has 1 saturated heterocycles. The molecule has 1 atom stereocenters. The molecular formula is C13H18FNOS. The molecule has 0 radical (unpaired) electrons. The molecule has 2 rings (SSSR count). The van der Waals surface area contributed by atoms with E-state index < -0.39 is 10.8 Å². The van der Waals surface area contributed by atoms with Gasteiger partial charge in [0.15, 0.2) is 0 Å². The Hall–Kier alpha value is -0.740. The Balaban J connectivity index is 1.82. The van der Waals surface area contributed by atoms with Crippen molar-refractivity contribution in [2.45, 2.75) is 24.2 Å². The molecule has 1 heterocycles. The minimum Gasteiger partial charge on any atom is -0.302 e. The third-order valence-electron chi connectivity index (χ3n) is 3.12. The number of benzene rings is 1. The largest absolute Gasteiger partial charge is 0.302 e. The predicted molar refractivity (Wildman–Crippen MR) is 68.0 cm³/mol. The van der Waals surface area contributed by atoms with Crippen molar-refractivity contribution < 1.29 is 8.60 Å². The van der Waals surface area contributed by atoms with Crippen LogP contribution in [0.2, 0.25) is 0 Å². The summed E-state index contributed by atoms with van der Waals surface area (Å²) in [6.45, 7) is 3.13. The van der Waals surface area contributed by atoms with Gasteiger partial charge in [-0.2, -0.15) is 0 Å². The Bertz CT molecular complexity index is 374. The smallest absolute Gasteiger partial charge is 0.123 e. The second-order valence-electron chi connectivity index (χ2n) is 4.41. The van der Waals surface area contributed by atoms with Gasteiger partial charge in [-0.1, -0.05) is 6.42 Å². The molecule has 2 nitrogen and oxygen atoms in total. The zero-order chi connectivity index (χ0) is 12.1. The highest BCUT2D eigenvalue weighted by Gasteiger charge is 2.11. The van der Waals surface area contributed by atoms with Gasteiger partial charge >= 0.3 is 0 Å². The number of rotatable bonds is 4. The fraction of sp³-hybridized carbons (Fsp3) is 0.538. The average Bonchev–Trinajstić information content (AvgIpc) is 2.38. The summed E-state index contributed by atoms with van der Waals surface area (Å²) in [7, 11) is -1.00. The van der Waals surface area contributed by atoms with E-state index in [9.17, 15) is 8.60 Å². The lowest BCUT2D eigenvalue weighted by molar-refractivity contribution is 0.241. The first-order valence-corrected chi connectivity index (χ1v) is 7.44. The topological polar surface area (TPSA) is 20.3 Å². The SMILES string of the molecule is O=S(CCN1CCCCC1)c1ccc(F)cc1. The first-order chi connectivity index (χ1) is 8.25. The van der Waals surface area contributed by atoms with E-state index in [2.05, 4.69) is 4.90 Å². The van der Waals surface area contributed by atoms with Gasteiger partial charge in [0.25, 0.3) is 0 Å². The maximum absolute atomic E-state index is 12.7. The molecule has 17 heavy (non-hydrogen) atoms. The van der Waals surface area contributed by atoms with Crippen LogP contribution in [-0.4, -0.2) is 34.5 Å². The fourth-order valence-corrected chi connectivity index (χ4v) is 3.20. The summed E-state index contributed by atoms with van der Waals surface area (Å²) in [6, 6.07) is 5.96. The molecule has 1 unspecified atom stereocenters. The van der Waals surface area contributed by atoms with Crippen LogP contribution in [0.3, 0.4) is 0 Å². The summed E-state index contributed by atoms with van der Waals surface area (Å²) in [6.07, 6.45) is 3.82. The normalized spacial score (nSPS) is 19.1. The van der Waals surface area contributed by atoms with Crippen LogP contribution in [0, 0.1) is 5.82 Å². The van der Waals surface area contributed by atoms with Crippen molar-refractivity contribution in [1.82, 2.24) is 4.90 Å². The predicted octanol–water partition coefficient (Wildman–Crippen LogP) is 2.42. The Morgan fingerprint density at radius 3 is 2.41 bits per heavy atom. The number of piperidine rings is 1. The number of likely N-dealkylation sites (tertiary alicyclic amines) is 1. The van der Waals surface area contributed by atoms with E-state index in [0.717, 1.165) is 24.5 Å². The molecule has 0 N–H and O–H groups in total. The number of hydrogen-bond donors (Lipinski definition) is 0. The van der Waals surface area contributed by atoms with E-state index in [4.69, 9.17) is 0 Å². The van der Waals surface area contributed by atoms with Gasteiger partial charge in [-0.15, -0.1) is 0 Å². The number of hydrogen-bond acceptors (Lipinski definition) is 2.